The smallest absolute Gasteiger partial charge is 0.272 e. The summed E-state index contributed by atoms with van der Waals surface area (Å²) in [6.07, 6.45) is -0.0729. The molecule has 0 bridgehead atoms. The summed E-state index contributed by atoms with van der Waals surface area (Å²) in [5.41, 5.74) is 2.83. The van der Waals surface area contributed by atoms with Crippen LogP contribution in [0.2, 0.25) is 0 Å². The van der Waals surface area contributed by atoms with Gasteiger partial charge in [0.1, 0.15) is 17.5 Å². The lowest BCUT2D eigenvalue weighted by Crippen LogP contribution is -2.36. The van der Waals surface area contributed by atoms with Gasteiger partial charge in [0.05, 0.1) is 10.9 Å². The van der Waals surface area contributed by atoms with Gasteiger partial charge in [-0.25, -0.2) is 13.5 Å². The first-order valence-corrected chi connectivity index (χ1v) is 8.43. The topological polar surface area (TPSA) is 83.2 Å². The van der Waals surface area contributed by atoms with Crippen LogP contribution < -0.4 is 5.32 Å². The molecule has 0 amide bonds. The second-order valence-electron chi connectivity index (χ2n) is 6.08. The number of aromatic nitrogens is 3. The first kappa shape index (κ1) is 17.6. The molecule has 0 fully saturated rings. The Labute approximate surface area is 146 Å². The third-order valence-electron chi connectivity index (χ3n) is 3.76. The second kappa shape index (κ2) is 6.23. The molecule has 25 heavy (non-hydrogen) atoms. The minimum Gasteiger partial charge on any atom is -0.506 e. The SMILES string of the molecule is Cc1cc(C)c(-n2cc3sc(NCC(O)C(C)(F)F)nc3n2)c(O)c1. The number of halogens is 2. The van der Waals surface area contributed by atoms with Crippen LogP contribution in [0.1, 0.15) is 18.1 Å². The highest BCUT2D eigenvalue weighted by molar-refractivity contribution is 7.22. The summed E-state index contributed by atoms with van der Waals surface area (Å²) >= 11 is 1.24. The van der Waals surface area contributed by atoms with Crippen molar-refractivity contribution in [1.82, 2.24) is 14.8 Å². The fourth-order valence-corrected chi connectivity index (χ4v) is 3.34. The van der Waals surface area contributed by atoms with Crippen molar-refractivity contribution in [2.24, 2.45) is 0 Å². The van der Waals surface area contributed by atoms with E-state index in [4.69, 9.17) is 0 Å². The van der Waals surface area contributed by atoms with Crippen LogP contribution in [0.4, 0.5) is 13.9 Å². The van der Waals surface area contributed by atoms with Gasteiger partial charge in [-0.05, 0) is 31.0 Å². The Balaban J connectivity index is 1.83. The number of alkyl halides is 2. The summed E-state index contributed by atoms with van der Waals surface area (Å²) in [5, 5.41) is 27.0. The second-order valence-corrected chi connectivity index (χ2v) is 7.11. The Morgan fingerprint density at radius 2 is 2.08 bits per heavy atom. The largest absolute Gasteiger partial charge is 0.506 e. The number of nitrogens with zero attached hydrogens (tertiary/aromatic N) is 3. The zero-order chi connectivity index (χ0) is 18.4. The Bertz CT molecular complexity index is 862. The highest BCUT2D eigenvalue weighted by atomic mass is 32.1. The van der Waals surface area contributed by atoms with E-state index in [1.165, 1.54) is 11.3 Å². The molecule has 3 rings (SSSR count). The van der Waals surface area contributed by atoms with E-state index < -0.39 is 12.0 Å². The van der Waals surface area contributed by atoms with Gasteiger partial charge in [-0.2, -0.15) is 4.98 Å². The Kier molecular flexibility index (Phi) is 4.38. The Hall–Kier alpha value is -2.26. The fourth-order valence-electron chi connectivity index (χ4n) is 2.51. The normalized spacial score (nSPS) is 13.4. The summed E-state index contributed by atoms with van der Waals surface area (Å²) in [6.45, 7) is 4.13. The Morgan fingerprint density at radius 1 is 1.36 bits per heavy atom. The number of hydrogen-bond donors (Lipinski definition) is 3. The molecule has 2 heterocycles. The maximum Gasteiger partial charge on any atom is 0.272 e. The molecule has 2 aromatic heterocycles. The van der Waals surface area contributed by atoms with Crippen LogP contribution in [-0.2, 0) is 0 Å². The van der Waals surface area contributed by atoms with E-state index in [0.29, 0.717) is 23.4 Å². The van der Waals surface area contributed by atoms with Crippen LogP contribution in [0.3, 0.4) is 0 Å². The number of fused-ring (bicyclic) bond motifs is 1. The number of aromatic hydroxyl groups is 1. The lowest BCUT2D eigenvalue weighted by atomic mass is 10.1. The molecule has 3 aromatic rings. The molecular weight excluding hydrogens is 350 g/mol. The van der Waals surface area contributed by atoms with Gasteiger partial charge in [0, 0.05) is 13.5 Å². The van der Waals surface area contributed by atoms with E-state index in [9.17, 15) is 19.0 Å². The predicted octanol–water partition coefficient (Wildman–Crippen LogP) is 3.23. The zero-order valence-corrected chi connectivity index (χ0v) is 14.7. The minimum atomic E-state index is -3.18. The number of rotatable bonds is 5. The average molecular weight is 368 g/mol. The van der Waals surface area contributed by atoms with Crippen LogP contribution >= 0.6 is 11.3 Å². The highest BCUT2D eigenvalue weighted by Gasteiger charge is 2.32. The van der Waals surface area contributed by atoms with Gasteiger partial charge in [-0.15, -0.1) is 5.10 Å². The number of phenols is 1. The lowest BCUT2D eigenvalue weighted by molar-refractivity contribution is -0.0861. The standard InChI is InChI=1S/C16H18F2N4O2S/c1-8-4-9(2)13(10(23)5-8)22-7-11-14(21-22)20-15(25-11)19-6-12(24)16(3,17)18/h4-5,7,12,23-24H,6H2,1-3H3,(H,19,20,21). The van der Waals surface area contributed by atoms with Crippen molar-refractivity contribution < 1.29 is 19.0 Å². The zero-order valence-electron chi connectivity index (χ0n) is 13.9. The van der Waals surface area contributed by atoms with E-state index in [-0.39, 0.29) is 12.3 Å². The van der Waals surface area contributed by atoms with Crippen molar-refractivity contribution in [2.45, 2.75) is 32.8 Å². The van der Waals surface area contributed by atoms with Crippen molar-refractivity contribution in [3.63, 3.8) is 0 Å². The van der Waals surface area contributed by atoms with Gasteiger partial charge >= 0.3 is 0 Å². The van der Waals surface area contributed by atoms with Gasteiger partial charge in [0.15, 0.2) is 10.8 Å². The summed E-state index contributed by atoms with van der Waals surface area (Å²) in [7, 11) is 0. The monoisotopic (exact) mass is 368 g/mol. The molecule has 134 valence electrons. The van der Waals surface area contributed by atoms with Gasteiger partial charge in [0.25, 0.3) is 5.92 Å². The maximum atomic E-state index is 13.0. The van der Waals surface area contributed by atoms with Gasteiger partial charge in [-0.1, -0.05) is 17.4 Å². The number of benzene rings is 1. The molecular formula is C16H18F2N4O2S. The number of phenolic OH excluding ortho intramolecular Hbond substituents is 1. The molecule has 0 aliphatic rings. The van der Waals surface area contributed by atoms with E-state index in [0.717, 1.165) is 15.8 Å². The molecule has 0 radical (unpaired) electrons. The van der Waals surface area contributed by atoms with E-state index in [2.05, 4.69) is 15.4 Å². The van der Waals surface area contributed by atoms with Gasteiger partial charge in [-0.3, -0.25) is 0 Å². The number of aliphatic hydroxyl groups excluding tert-OH is 1. The molecule has 6 nitrogen and oxygen atoms in total. The van der Waals surface area contributed by atoms with E-state index in [1.54, 1.807) is 16.9 Å². The summed E-state index contributed by atoms with van der Waals surface area (Å²) in [5.74, 6) is -3.06. The molecule has 1 atom stereocenters. The number of anilines is 1. The van der Waals surface area contributed by atoms with Gasteiger partial charge in [0.2, 0.25) is 0 Å². The molecule has 1 unspecified atom stereocenters. The Morgan fingerprint density at radius 3 is 2.68 bits per heavy atom. The molecule has 1 aromatic carbocycles. The van der Waals surface area contributed by atoms with E-state index >= 15 is 0 Å². The quantitative estimate of drug-likeness (QED) is 0.644. The number of thiazole rings is 1. The molecule has 9 heteroatoms. The fraction of sp³-hybridized carbons (Fsp3) is 0.375. The van der Waals surface area contributed by atoms with Crippen molar-refractivity contribution in [3.05, 3.63) is 29.5 Å². The van der Waals surface area contributed by atoms with E-state index in [1.807, 2.05) is 19.9 Å². The van der Waals surface area contributed by atoms with Crippen molar-refractivity contribution in [1.29, 1.82) is 0 Å². The molecule has 3 N–H and O–H groups in total. The van der Waals surface area contributed by atoms with Crippen molar-refractivity contribution in [3.8, 4) is 11.4 Å². The number of aryl methyl sites for hydroxylation is 2. The molecule has 0 aliphatic carbocycles. The maximum absolute atomic E-state index is 13.0. The van der Waals surface area contributed by atoms with Crippen LogP contribution in [0.5, 0.6) is 5.75 Å². The molecule has 0 aliphatic heterocycles. The number of aliphatic hydroxyl groups is 1. The predicted molar refractivity (Wildman–Crippen MR) is 93.0 cm³/mol. The molecule has 0 saturated carbocycles. The van der Waals surface area contributed by atoms with Crippen LogP contribution in [0.15, 0.2) is 18.3 Å². The van der Waals surface area contributed by atoms with Crippen LogP contribution in [0, 0.1) is 13.8 Å². The summed E-state index contributed by atoms with van der Waals surface area (Å²) < 4.78 is 28.2. The summed E-state index contributed by atoms with van der Waals surface area (Å²) in [6, 6.07) is 3.60. The minimum absolute atomic E-state index is 0.124. The van der Waals surface area contributed by atoms with Crippen LogP contribution in [0.25, 0.3) is 16.0 Å². The van der Waals surface area contributed by atoms with Crippen LogP contribution in [-0.4, -0.2) is 43.5 Å². The van der Waals surface area contributed by atoms with Crippen molar-refractivity contribution in [2.75, 3.05) is 11.9 Å². The average Bonchev–Trinajstić information content (AvgIpc) is 3.00. The molecule has 0 saturated heterocycles. The first-order chi connectivity index (χ1) is 11.6. The first-order valence-electron chi connectivity index (χ1n) is 7.61. The third kappa shape index (κ3) is 3.57. The number of nitrogens with one attached hydrogen (secondary N) is 1. The lowest BCUT2D eigenvalue weighted by Gasteiger charge is -2.17. The summed E-state index contributed by atoms with van der Waals surface area (Å²) in [4.78, 5) is 4.23. The van der Waals surface area contributed by atoms with Crippen molar-refractivity contribution >= 4 is 26.8 Å². The molecule has 0 spiro atoms. The third-order valence-corrected chi connectivity index (χ3v) is 4.70. The number of hydrogen-bond acceptors (Lipinski definition) is 6. The van der Waals surface area contributed by atoms with Gasteiger partial charge < -0.3 is 15.5 Å². The highest BCUT2D eigenvalue weighted by Crippen LogP contribution is 2.31.